The molecule has 1 N–H and O–H groups in total. The largest absolute Gasteiger partial charge is 0.391 e. The standard InChI is InChI=1S/C10H15N/c1-6(2)10-8-4-7(8)5-9(10)11-3/h7-8,11H,1,4-5H2,2-3H3. The molecule has 0 aromatic carbocycles. The molecule has 60 valence electrons. The van der Waals surface area contributed by atoms with Gasteiger partial charge in [-0.05, 0) is 37.2 Å². The van der Waals surface area contributed by atoms with E-state index in [1.165, 1.54) is 29.7 Å². The van der Waals surface area contributed by atoms with Gasteiger partial charge < -0.3 is 5.32 Å². The van der Waals surface area contributed by atoms with E-state index in [0.717, 1.165) is 11.8 Å². The first-order valence-electron chi connectivity index (χ1n) is 4.30. The molecule has 1 saturated carbocycles. The number of hydrogen-bond acceptors (Lipinski definition) is 1. The molecule has 0 saturated heterocycles. The van der Waals surface area contributed by atoms with Gasteiger partial charge in [-0.15, -0.1) is 0 Å². The van der Waals surface area contributed by atoms with Crippen LogP contribution in [0.5, 0.6) is 0 Å². The Balaban J connectivity index is 2.28. The molecule has 2 atom stereocenters. The number of rotatable bonds is 2. The first-order valence-corrected chi connectivity index (χ1v) is 4.30. The highest BCUT2D eigenvalue weighted by atomic mass is 14.9. The fourth-order valence-electron chi connectivity index (χ4n) is 2.23. The molecule has 0 aliphatic heterocycles. The maximum atomic E-state index is 4.01. The van der Waals surface area contributed by atoms with Crippen molar-refractivity contribution in [2.45, 2.75) is 19.8 Å². The third kappa shape index (κ3) is 0.907. The minimum atomic E-state index is 0.870. The summed E-state index contributed by atoms with van der Waals surface area (Å²) in [5, 5.41) is 3.27. The summed E-state index contributed by atoms with van der Waals surface area (Å²) in [7, 11) is 2.02. The lowest BCUT2D eigenvalue weighted by Gasteiger charge is -2.08. The maximum absolute atomic E-state index is 4.01. The van der Waals surface area contributed by atoms with Crippen LogP contribution in [-0.4, -0.2) is 7.05 Å². The zero-order valence-corrected chi connectivity index (χ0v) is 7.28. The lowest BCUT2D eigenvalue weighted by atomic mass is 10.1. The van der Waals surface area contributed by atoms with E-state index >= 15 is 0 Å². The molecule has 0 radical (unpaired) electrons. The van der Waals surface area contributed by atoms with E-state index in [-0.39, 0.29) is 0 Å². The third-order valence-corrected chi connectivity index (χ3v) is 2.85. The highest BCUT2D eigenvalue weighted by Gasteiger charge is 2.46. The lowest BCUT2D eigenvalue weighted by Crippen LogP contribution is -2.07. The molecule has 0 spiro atoms. The van der Waals surface area contributed by atoms with Crippen LogP contribution in [0.1, 0.15) is 19.8 Å². The van der Waals surface area contributed by atoms with Crippen molar-refractivity contribution >= 4 is 0 Å². The molecule has 0 heterocycles. The summed E-state index contributed by atoms with van der Waals surface area (Å²) < 4.78 is 0. The molecule has 1 fully saturated rings. The van der Waals surface area contributed by atoms with Gasteiger partial charge >= 0.3 is 0 Å². The minimum absolute atomic E-state index is 0.870. The molecule has 0 aromatic rings. The molecule has 2 aliphatic rings. The Morgan fingerprint density at radius 1 is 1.64 bits per heavy atom. The van der Waals surface area contributed by atoms with E-state index in [1.807, 2.05) is 7.05 Å². The van der Waals surface area contributed by atoms with Crippen LogP contribution in [0.4, 0.5) is 0 Å². The molecular weight excluding hydrogens is 134 g/mol. The predicted octanol–water partition coefficient (Wildman–Crippen LogP) is 2.08. The molecule has 1 nitrogen and oxygen atoms in total. The number of nitrogens with one attached hydrogen (secondary N) is 1. The van der Waals surface area contributed by atoms with Crippen molar-refractivity contribution in [1.82, 2.24) is 5.32 Å². The minimum Gasteiger partial charge on any atom is -0.391 e. The van der Waals surface area contributed by atoms with Crippen molar-refractivity contribution in [3.8, 4) is 0 Å². The first-order chi connectivity index (χ1) is 5.24. The normalized spacial score (nSPS) is 33.6. The number of hydrogen-bond donors (Lipinski definition) is 1. The van der Waals surface area contributed by atoms with Gasteiger partial charge in [-0.2, -0.15) is 0 Å². The van der Waals surface area contributed by atoms with E-state index in [0.29, 0.717) is 0 Å². The van der Waals surface area contributed by atoms with Crippen LogP contribution in [0.15, 0.2) is 23.4 Å². The molecule has 2 rings (SSSR count). The van der Waals surface area contributed by atoms with Gasteiger partial charge in [-0.3, -0.25) is 0 Å². The Morgan fingerprint density at radius 3 is 2.82 bits per heavy atom. The molecule has 0 aromatic heterocycles. The molecule has 2 aliphatic carbocycles. The highest BCUT2D eigenvalue weighted by Crippen LogP contribution is 2.55. The summed E-state index contributed by atoms with van der Waals surface area (Å²) in [4.78, 5) is 0. The van der Waals surface area contributed by atoms with Gasteiger partial charge in [-0.25, -0.2) is 0 Å². The second kappa shape index (κ2) is 2.13. The van der Waals surface area contributed by atoms with Gasteiger partial charge in [0.1, 0.15) is 0 Å². The fraction of sp³-hybridized carbons (Fsp3) is 0.600. The van der Waals surface area contributed by atoms with E-state index < -0.39 is 0 Å². The van der Waals surface area contributed by atoms with Crippen molar-refractivity contribution in [1.29, 1.82) is 0 Å². The topological polar surface area (TPSA) is 12.0 Å². The smallest absolute Gasteiger partial charge is 0.0145 e. The van der Waals surface area contributed by atoms with E-state index in [2.05, 4.69) is 18.8 Å². The summed E-state index contributed by atoms with van der Waals surface area (Å²) in [5.41, 5.74) is 4.23. The summed E-state index contributed by atoms with van der Waals surface area (Å²) >= 11 is 0. The second-order valence-electron chi connectivity index (χ2n) is 3.73. The molecule has 2 unspecified atom stereocenters. The Kier molecular flexibility index (Phi) is 1.35. The van der Waals surface area contributed by atoms with Crippen LogP contribution in [0.25, 0.3) is 0 Å². The van der Waals surface area contributed by atoms with Crippen molar-refractivity contribution in [3.63, 3.8) is 0 Å². The summed E-state index contributed by atoms with van der Waals surface area (Å²) in [6.45, 7) is 6.13. The van der Waals surface area contributed by atoms with Gasteiger partial charge in [-0.1, -0.05) is 12.2 Å². The van der Waals surface area contributed by atoms with Crippen LogP contribution >= 0.6 is 0 Å². The Hall–Kier alpha value is -0.720. The van der Waals surface area contributed by atoms with E-state index in [1.54, 1.807) is 0 Å². The summed E-state index contributed by atoms with van der Waals surface area (Å²) in [6, 6.07) is 0. The van der Waals surface area contributed by atoms with Crippen molar-refractivity contribution in [3.05, 3.63) is 23.4 Å². The van der Waals surface area contributed by atoms with Crippen molar-refractivity contribution < 1.29 is 0 Å². The summed E-state index contributed by atoms with van der Waals surface area (Å²) in [6.07, 6.45) is 2.68. The summed E-state index contributed by atoms with van der Waals surface area (Å²) in [5.74, 6) is 1.83. The van der Waals surface area contributed by atoms with Gasteiger partial charge in [0, 0.05) is 12.7 Å². The maximum Gasteiger partial charge on any atom is 0.0145 e. The quantitative estimate of drug-likeness (QED) is 0.633. The molecule has 11 heavy (non-hydrogen) atoms. The van der Waals surface area contributed by atoms with E-state index in [9.17, 15) is 0 Å². The highest BCUT2D eigenvalue weighted by molar-refractivity contribution is 5.42. The Morgan fingerprint density at radius 2 is 2.36 bits per heavy atom. The van der Waals surface area contributed by atoms with Crippen LogP contribution < -0.4 is 5.32 Å². The molecule has 0 bridgehead atoms. The van der Waals surface area contributed by atoms with Gasteiger partial charge in [0.05, 0.1) is 0 Å². The van der Waals surface area contributed by atoms with Crippen molar-refractivity contribution in [2.75, 3.05) is 7.05 Å². The molecule has 0 amide bonds. The monoisotopic (exact) mass is 149 g/mol. The first kappa shape index (κ1) is 6.96. The van der Waals surface area contributed by atoms with Crippen LogP contribution in [0.3, 0.4) is 0 Å². The zero-order valence-electron chi connectivity index (χ0n) is 7.28. The second-order valence-corrected chi connectivity index (χ2v) is 3.73. The average molecular weight is 149 g/mol. The Labute approximate surface area is 68.2 Å². The fourth-order valence-corrected chi connectivity index (χ4v) is 2.23. The molecular formula is C10H15N. The number of allylic oxidation sites excluding steroid dienone is 3. The SMILES string of the molecule is C=C(C)C1=C(NC)CC2CC12. The molecule has 1 heteroatoms. The van der Waals surface area contributed by atoms with Gasteiger partial charge in [0.15, 0.2) is 0 Å². The van der Waals surface area contributed by atoms with Gasteiger partial charge in [0.25, 0.3) is 0 Å². The van der Waals surface area contributed by atoms with E-state index in [4.69, 9.17) is 0 Å². The Bertz CT molecular complexity index is 237. The van der Waals surface area contributed by atoms with Crippen LogP contribution in [-0.2, 0) is 0 Å². The van der Waals surface area contributed by atoms with Crippen molar-refractivity contribution in [2.24, 2.45) is 11.8 Å². The lowest BCUT2D eigenvalue weighted by molar-refractivity contribution is 0.781. The van der Waals surface area contributed by atoms with Crippen LogP contribution in [0.2, 0.25) is 0 Å². The predicted molar refractivity (Wildman–Crippen MR) is 47.1 cm³/mol. The average Bonchev–Trinajstić information content (AvgIpc) is 2.61. The van der Waals surface area contributed by atoms with Gasteiger partial charge in [0.2, 0.25) is 0 Å². The van der Waals surface area contributed by atoms with Crippen LogP contribution in [0, 0.1) is 11.8 Å². The zero-order chi connectivity index (χ0) is 8.01. The third-order valence-electron chi connectivity index (χ3n) is 2.85. The number of fused-ring (bicyclic) bond motifs is 1.